The van der Waals surface area contributed by atoms with Crippen molar-refractivity contribution in [1.82, 2.24) is 0 Å². The summed E-state index contributed by atoms with van der Waals surface area (Å²) in [5, 5.41) is 2.73. The van der Waals surface area contributed by atoms with E-state index in [-0.39, 0.29) is 12.5 Å². The SMILES string of the molecule is CCOCC(=O)Nc1ccc(CC(N)=S)cc1. The molecule has 0 atom stereocenters. The Bertz CT molecular complexity index is 390. The Hall–Kier alpha value is -1.46. The minimum atomic E-state index is -0.158. The molecule has 17 heavy (non-hydrogen) atoms. The van der Waals surface area contributed by atoms with Gasteiger partial charge in [0, 0.05) is 18.7 Å². The van der Waals surface area contributed by atoms with E-state index in [0.29, 0.717) is 18.0 Å². The lowest BCUT2D eigenvalue weighted by Gasteiger charge is -2.06. The Morgan fingerprint density at radius 2 is 2.06 bits per heavy atom. The topological polar surface area (TPSA) is 64.3 Å². The molecule has 0 heterocycles. The zero-order valence-electron chi connectivity index (χ0n) is 9.73. The summed E-state index contributed by atoms with van der Waals surface area (Å²) < 4.78 is 5.00. The maximum Gasteiger partial charge on any atom is 0.250 e. The highest BCUT2D eigenvalue weighted by molar-refractivity contribution is 7.80. The summed E-state index contributed by atoms with van der Waals surface area (Å²) in [7, 11) is 0. The summed E-state index contributed by atoms with van der Waals surface area (Å²) in [5.74, 6) is -0.158. The number of hydrogen-bond donors (Lipinski definition) is 2. The fourth-order valence-corrected chi connectivity index (χ4v) is 1.47. The van der Waals surface area contributed by atoms with Crippen LogP contribution < -0.4 is 11.1 Å². The van der Waals surface area contributed by atoms with E-state index in [9.17, 15) is 4.79 Å². The zero-order valence-corrected chi connectivity index (χ0v) is 10.5. The molecular weight excluding hydrogens is 236 g/mol. The summed E-state index contributed by atoms with van der Waals surface area (Å²) in [6, 6.07) is 7.40. The van der Waals surface area contributed by atoms with Crippen molar-refractivity contribution >= 4 is 28.8 Å². The summed E-state index contributed by atoms with van der Waals surface area (Å²) in [6.07, 6.45) is 0.572. The first-order chi connectivity index (χ1) is 8.11. The molecule has 3 N–H and O–H groups in total. The molecule has 1 aromatic rings. The molecule has 0 saturated carbocycles. The highest BCUT2D eigenvalue weighted by Crippen LogP contribution is 2.10. The molecular formula is C12H16N2O2S. The first kappa shape index (κ1) is 13.6. The van der Waals surface area contributed by atoms with E-state index in [2.05, 4.69) is 5.32 Å². The third-order valence-electron chi connectivity index (χ3n) is 2.05. The van der Waals surface area contributed by atoms with Crippen LogP contribution in [0, 0.1) is 0 Å². The van der Waals surface area contributed by atoms with Crippen LogP contribution in [0.15, 0.2) is 24.3 Å². The van der Waals surface area contributed by atoms with E-state index in [1.807, 2.05) is 31.2 Å². The second-order valence-corrected chi connectivity index (χ2v) is 4.05. The predicted molar refractivity (Wildman–Crippen MR) is 72.1 cm³/mol. The minimum absolute atomic E-state index is 0.0745. The third kappa shape index (κ3) is 5.42. The number of rotatable bonds is 6. The van der Waals surface area contributed by atoms with Crippen molar-refractivity contribution in [3.05, 3.63) is 29.8 Å². The van der Waals surface area contributed by atoms with E-state index >= 15 is 0 Å². The van der Waals surface area contributed by atoms with Gasteiger partial charge in [-0.25, -0.2) is 0 Å². The molecule has 0 radical (unpaired) electrons. The quantitative estimate of drug-likeness (QED) is 0.753. The van der Waals surface area contributed by atoms with E-state index in [1.165, 1.54) is 0 Å². The Kier molecular flexibility index (Phi) is 5.59. The van der Waals surface area contributed by atoms with Gasteiger partial charge in [0.05, 0.1) is 4.99 Å². The van der Waals surface area contributed by atoms with Crippen LogP contribution in [-0.2, 0) is 16.0 Å². The molecule has 1 amide bonds. The number of carbonyl (C=O) groups is 1. The van der Waals surface area contributed by atoms with Gasteiger partial charge in [0.15, 0.2) is 0 Å². The smallest absolute Gasteiger partial charge is 0.250 e. The lowest BCUT2D eigenvalue weighted by atomic mass is 10.1. The largest absolute Gasteiger partial charge is 0.393 e. The van der Waals surface area contributed by atoms with Gasteiger partial charge in [-0.05, 0) is 24.6 Å². The average molecular weight is 252 g/mol. The molecule has 0 spiro atoms. The van der Waals surface area contributed by atoms with Gasteiger partial charge in [-0.2, -0.15) is 0 Å². The van der Waals surface area contributed by atoms with Crippen molar-refractivity contribution in [1.29, 1.82) is 0 Å². The Labute approximate surface area is 106 Å². The third-order valence-corrected chi connectivity index (χ3v) is 2.20. The zero-order chi connectivity index (χ0) is 12.7. The van der Waals surface area contributed by atoms with Gasteiger partial charge in [-0.3, -0.25) is 4.79 Å². The van der Waals surface area contributed by atoms with Crippen LogP contribution in [0.1, 0.15) is 12.5 Å². The van der Waals surface area contributed by atoms with Crippen molar-refractivity contribution in [2.24, 2.45) is 5.73 Å². The number of nitrogens with one attached hydrogen (secondary N) is 1. The van der Waals surface area contributed by atoms with Crippen LogP contribution in [0.25, 0.3) is 0 Å². The summed E-state index contributed by atoms with van der Waals surface area (Å²) in [5.41, 5.74) is 7.21. The molecule has 0 saturated heterocycles. The molecule has 0 aliphatic heterocycles. The first-order valence-electron chi connectivity index (χ1n) is 5.36. The number of ether oxygens (including phenoxy) is 1. The monoisotopic (exact) mass is 252 g/mol. The Morgan fingerprint density at radius 1 is 1.41 bits per heavy atom. The molecule has 4 nitrogen and oxygen atoms in total. The number of benzene rings is 1. The summed E-state index contributed by atoms with van der Waals surface area (Å²) >= 11 is 4.82. The number of thiocarbonyl (C=S) groups is 1. The van der Waals surface area contributed by atoms with Crippen LogP contribution in [-0.4, -0.2) is 24.1 Å². The van der Waals surface area contributed by atoms with E-state index in [1.54, 1.807) is 0 Å². The normalized spacial score (nSPS) is 9.94. The lowest BCUT2D eigenvalue weighted by molar-refractivity contribution is -0.120. The van der Waals surface area contributed by atoms with E-state index < -0.39 is 0 Å². The van der Waals surface area contributed by atoms with Gasteiger partial charge in [0.25, 0.3) is 0 Å². The highest BCUT2D eigenvalue weighted by atomic mass is 32.1. The number of anilines is 1. The number of hydrogen-bond acceptors (Lipinski definition) is 3. The van der Waals surface area contributed by atoms with Gasteiger partial charge in [-0.15, -0.1) is 0 Å². The molecule has 0 fully saturated rings. The van der Waals surface area contributed by atoms with Crippen molar-refractivity contribution in [3.8, 4) is 0 Å². The van der Waals surface area contributed by atoms with Crippen LogP contribution in [0.5, 0.6) is 0 Å². The highest BCUT2D eigenvalue weighted by Gasteiger charge is 2.02. The molecule has 0 unspecified atom stereocenters. The Morgan fingerprint density at radius 3 is 2.59 bits per heavy atom. The van der Waals surface area contributed by atoms with Crippen LogP contribution in [0.2, 0.25) is 0 Å². The van der Waals surface area contributed by atoms with Gasteiger partial charge < -0.3 is 15.8 Å². The number of nitrogens with two attached hydrogens (primary N) is 1. The molecule has 5 heteroatoms. The molecule has 1 aromatic carbocycles. The molecule has 0 aromatic heterocycles. The van der Waals surface area contributed by atoms with Crippen molar-refractivity contribution < 1.29 is 9.53 Å². The van der Waals surface area contributed by atoms with Gasteiger partial charge in [-0.1, -0.05) is 24.4 Å². The average Bonchev–Trinajstić information content (AvgIpc) is 2.28. The van der Waals surface area contributed by atoms with Gasteiger partial charge >= 0.3 is 0 Å². The first-order valence-corrected chi connectivity index (χ1v) is 5.77. The second-order valence-electron chi connectivity index (χ2n) is 3.53. The molecule has 0 aliphatic rings. The molecule has 92 valence electrons. The maximum atomic E-state index is 11.4. The van der Waals surface area contributed by atoms with Gasteiger partial charge in [0.1, 0.15) is 6.61 Å². The number of carbonyl (C=O) groups excluding carboxylic acids is 1. The molecule has 1 rings (SSSR count). The van der Waals surface area contributed by atoms with Gasteiger partial charge in [0.2, 0.25) is 5.91 Å². The molecule has 0 aliphatic carbocycles. The van der Waals surface area contributed by atoms with Crippen LogP contribution in [0.4, 0.5) is 5.69 Å². The fraction of sp³-hybridized carbons (Fsp3) is 0.333. The predicted octanol–water partition coefficient (Wildman–Crippen LogP) is 1.49. The molecule has 0 bridgehead atoms. The van der Waals surface area contributed by atoms with Crippen LogP contribution >= 0.6 is 12.2 Å². The van der Waals surface area contributed by atoms with Crippen molar-refractivity contribution in [3.63, 3.8) is 0 Å². The fourth-order valence-electron chi connectivity index (χ4n) is 1.30. The van der Waals surface area contributed by atoms with E-state index in [4.69, 9.17) is 22.7 Å². The maximum absolute atomic E-state index is 11.4. The minimum Gasteiger partial charge on any atom is -0.393 e. The summed E-state index contributed by atoms with van der Waals surface area (Å²) in [6.45, 7) is 2.45. The summed E-state index contributed by atoms with van der Waals surface area (Å²) in [4.78, 5) is 11.8. The Balaban J connectivity index is 2.50. The number of amides is 1. The van der Waals surface area contributed by atoms with Crippen molar-refractivity contribution in [2.75, 3.05) is 18.5 Å². The second kappa shape index (κ2) is 6.98. The lowest BCUT2D eigenvalue weighted by Crippen LogP contribution is -2.18. The van der Waals surface area contributed by atoms with Crippen molar-refractivity contribution in [2.45, 2.75) is 13.3 Å². The standard InChI is InChI=1S/C12H16N2O2S/c1-2-16-8-12(15)14-10-5-3-9(4-6-10)7-11(13)17/h3-6H,2,7-8H2,1H3,(H2,13,17)(H,14,15). The van der Waals surface area contributed by atoms with E-state index in [0.717, 1.165) is 11.3 Å². The van der Waals surface area contributed by atoms with Crippen LogP contribution in [0.3, 0.4) is 0 Å².